The van der Waals surface area contributed by atoms with Gasteiger partial charge in [0.05, 0.1) is 23.5 Å². The van der Waals surface area contributed by atoms with Gasteiger partial charge in [-0.15, -0.1) is 0 Å². The monoisotopic (exact) mass is 399 g/mol. The zero-order valence-electron chi connectivity index (χ0n) is 17.3. The van der Waals surface area contributed by atoms with Gasteiger partial charge in [0.1, 0.15) is 5.82 Å². The number of hydrogen-bond acceptors (Lipinski definition) is 7. The van der Waals surface area contributed by atoms with Crippen molar-refractivity contribution in [3.8, 4) is 6.07 Å². The summed E-state index contributed by atoms with van der Waals surface area (Å²) in [5.74, 6) is 1.36. The lowest BCUT2D eigenvalue weighted by molar-refractivity contribution is 0.523. The molecule has 1 saturated heterocycles. The lowest BCUT2D eigenvalue weighted by Crippen LogP contribution is -2.39. The van der Waals surface area contributed by atoms with E-state index in [4.69, 9.17) is 5.26 Å². The van der Waals surface area contributed by atoms with Crippen LogP contribution in [-0.4, -0.2) is 34.1 Å². The number of anilines is 4. The average Bonchev–Trinajstić information content (AvgIpc) is 2.77. The third kappa shape index (κ3) is 4.49. The van der Waals surface area contributed by atoms with Gasteiger partial charge >= 0.3 is 0 Å². The quantitative estimate of drug-likeness (QED) is 0.665. The number of nitrogens with one attached hydrogen (secondary N) is 2. The highest BCUT2D eigenvalue weighted by molar-refractivity contribution is 5.66. The van der Waals surface area contributed by atoms with E-state index in [1.54, 1.807) is 12.4 Å². The van der Waals surface area contributed by atoms with Gasteiger partial charge in [-0.05, 0) is 68.1 Å². The Kier molecular flexibility index (Phi) is 5.75. The lowest BCUT2D eigenvalue weighted by Gasteiger charge is -2.33. The van der Waals surface area contributed by atoms with E-state index in [9.17, 15) is 0 Å². The van der Waals surface area contributed by atoms with Crippen molar-refractivity contribution in [2.24, 2.45) is 0 Å². The Morgan fingerprint density at radius 3 is 2.53 bits per heavy atom. The van der Waals surface area contributed by atoms with Crippen molar-refractivity contribution in [1.29, 1.82) is 5.26 Å². The van der Waals surface area contributed by atoms with E-state index in [2.05, 4.69) is 42.6 Å². The molecule has 3 aromatic rings. The van der Waals surface area contributed by atoms with Crippen LogP contribution in [0.1, 0.15) is 29.5 Å². The fourth-order valence-electron chi connectivity index (χ4n) is 3.86. The Bertz CT molecular complexity index is 1030. The Labute approximate surface area is 176 Å². The maximum absolute atomic E-state index is 9.14. The van der Waals surface area contributed by atoms with Gasteiger partial charge in [0, 0.05) is 37.2 Å². The van der Waals surface area contributed by atoms with Crippen LogP contribution in [0.5, 0.6) is 0 Å². The van der Waals surface area contributed by atoms with Crippen LogP contribution in [0.15, 0.2) is 48.9 Å². The second kappa shape index (κ2) is 8.78. The minimum Gasteiger partial charge on any atom is -0.370 e. The van der Waals surface area contributed by atoms with E-state index in [1.807, 2.05) is 44.3 Å². The fourth-order valence-corrected chi connectivity index (χ4v) is 3.86. The standard InChI is InChI=1S/C23H25N7/c1-16-12-18(14-24)13-17(2)22(16)28-21-5-9-26-23(29-21)27-19-6-10-30(11-7-19)20-4-3-8-25-15-20/h3-5,8-9,12-13,15,19H,6-7,10-11H2,1-2H3,(H2,26,27,28,29). The van der Waals surface area contributed by atoms with Gasteiger partial charge in [-0.3, -0.25) is 4.98 Å². The molecule has 1 aliphatic rings. The van der Waals surface area contributed by atoms with E-state index in [0.717, 1.165) is 48.6 Å². The molecule has 2 N–H and O–H groups in total. The molecule has 0 atom stereocenters. The molecule has 3 heterocycles. The summed E-state index contributed by atoms with van der Waals surface area (Å²) in [6.07, 6.45) is 7.51. The summed E-state index contributed by atoms with van der Waals surface area (Å²) in [5.41, 5.74) is 4.85. The maximum Gasteiger partial charge on any atom is 0.224 e. The number of aryl methyl sites for hydroxylation is 2. The Hall–Kier alpha value is -3.66. The summed E-state index contributed by atoms with van der Waals surface area (Å²) in [7, 11) is 0. The van der Waals surface area contributed by atoms with Gasteiger partial charge in [0.15, 0.2) is 0 Å². The van der Waals surface area contributed by atoms with Crippen molar-refractivity contribution in [1.82, 2.24) is 15.0 Å². The van der Waals surface area contributed by atoms with Gasteiger partial charge in [-0.1, -0.05) is 0 Å². The molecule has 0 spiro atoms. The van der Waals surface area contributed by atoms with Crippen LogP contribution in [0.25, 0.3) is 0 Å². The van der Waals surface area contributed by atoms with Crippen LogP contribution < -0.4 is 15.5 Å². The summed E-state index contributed by atoms with van der Waals surface area (Å²) < 4.78 is 0. The average molecular weight is 400 g/mol. The minimum atomic E-state index is 0.339. The molecule has 1 fully saturated rings. The van der Waals surface area contributed by atoms with Crippen molar-refractivity contribution in [2.75, 3.05) is 28.6 Å². The highest BCUT2D eigenvalue weighted by Gasteiger charge is 2.20. The van der Waals surface area contributed by atoms with E-state index in [1.165, 1.54) is 5.69 Å². The molecule has 30 heavy (non-hydrogen) atoms. The highest BCUT2D eigenvalue weighted by atomic mass is 15.2. The number of piperidine rings is 1. The van der Waals surface area contributed by atoms with Gasteiger partial charge < -0.3 is 15.5 Å². The molecule has 0 radical (unpaired) electrons. The Balaban J connectivity index is 1.40. The predicted octanol–water partition coefficient (Wildman–Crippen LogP) is 4.18. The number of rotatable bonds is 5. The fraction of sp³-hybridized carbons (Fsp3) is 0.304. The smallest absolute Gasteiger partial charge is 0.224 e. The molecule has 7 nitrogen and oxygen atoms in total. The third-order valence-corrected chi connectivity index (χ3v) is 5.41. The molecule has 1 aromatic carbocycles. The molecule has 0 aliphatic carbocycles. The van der Waals surface area contributed by atoms with Crippen LogP contribution in [-0.2, 0) is 0 Å². The van der Waals surface area contributed by atoms with Gasteiger partial charge in [-0.2, -0.15) is 10.2 Å². The molecule has 4 rings (SSSR count). The van der Waals surface area contributed by atoms with Crippen LogP contribution in [0.2, 0.25) is 0 Å². The van der Waals surface area contributed by atoms with Crippen molar-refractivity contribution < 1.29 is 0 Å². The van der Waals surface area contributed by atoms with Crippen molar-refractivity contribution in [2.45, 2.75) is 32.7 Å². The molecule has 7 heteroatoms. The molecule has 1 aliphatic heterocycles. The van der Waals surface area contributed by atoms with Gasteiger partial charge in [0.2, 0.25) is 5.95 Å². The minimum absolute atomic E-state index is 0.339. The highest BCUT2D eigenvalue weighted by Crippen LogP contribution is 2.26. The molecule has 152 valence electrons. The maximum atomic E-state index is 9.14. The Morgan fingerprint density at radius 2 is 1.87 bits per heavy atom. The summed E-state index contributed by atoms with van der Waals surface area (Å²) in [5, 5.41) is 16.0. The lowest BCUT2D eigenvalue weighted by atomic mass is 10.0. The molecule has 0 amide bonds. The molecule has 0 saturated carbocycles. The summed E-state index contributed by atoms with van der Waals surface area (Å²) in [4.78, 5) is 15.6. The number of nitrogens with zero attached hydrogens (tertiary/aromatic N) is 5. The number of nitriles is 1. The van der Waals surface area contributed by atoms with Gasteiger partial charge in [-0.25, -0.2) is 4.98 Å². The topological polar surface area (TPSA) is 89.8 Å². The van der Waals surface area contributed by atoms with Crippen LogP contribution in [0.3, 0.4) is 0 Å². The van der Waals surface area contributed by atoms with E-state index < -0.39 is 0 Å². The van der Waals surface area contributed by atoms with E-state index in [0.29, 0.717) is 17.6 Å². The molecular formula is C23H25N7. The number of aromatic nitrogens is 3. The summed E-state index contributed by atoms with van der Waals surface area (Å²) in [6.45, 7) is 5.94. The molecular weight excluding hydrogens is 374 g/mol. The number of hydrogen-bond donors (Lipinski definition) is 2. The first kappa shape index (κ1) is 19.6. The largest absolute Gasteiger partial charge is 0.370 e. The van der Waals surface area contributed by atoms with Crippen LogP contribution >= 0.6 is 0 Å². The zero-order valence-corrected chi connectivity index (χ0v) is 17.3. The summed E-state index contributed by atoms with van der Waals surface area (Å²) in [6, 6.07) is 12.2. The summed E-state index contributed by atoms with van der Waals surface area (Å²) >= 11 is 0. The second-order valence-corrected chi connectivity index (χ2v) is 7.60. The third-order valence-electron chi connectivity index (χ3n) is 5.41. The van der Waals surface area contributed by atoms with Crippen molar-refractivity contribution >= 4 is 23.1 Å². The molecule has 0 bridgehead atoms. The van der Waals surface area contributed by atoms with Crippen LogP contribution in [0.4, 0.5) is 23.1 Å². The first-order valence-corrected chi connectivity index (χ1v) is 10.2. The van der Waals surface area contributed by atoms with Crippen molar-refractivity contribution in [3.63, 3.8) is 0 Å². The molecule has 0 unspecified atom stereocenters. The van der Waals surface area contributed by atoms with Crippen molar-refractivity contribution in [3.05, 3.63) is 65.6 Å². The van der Waals surface area contributed by atoms with Crippen LogP contribution in [0, 0.1) is 25.2 Å². The van der Waals surface area contributed by atoms with Gasteiger partial charge in [0.25, 0.3) is 0 Å². The predicted molar refractivity (Wildman–Crippen MR) is 119 cm³/mol. The normalized spacial score (nSPS) is 14.2. The zero-order chi connectivity index (χ0) is 20.9. The molecule has 2 aromatic heterocycles. The van der Waals surface area contributed by atoms with E-state index >= 15 is 0 Å². The Morgan fingerprint density at radius 1 is 1.10 bits per heavy atom. The SMILES string of the molecule is Cc1cc(C#N)cc(C)c1Nc1ccnc(NC2CCN(c3cccnc3)CC2)n1. The number of pyridine rings is 1. The number of benzene rings is 1. The first-order valence-electron chi connectivity index (χ1n) is 10.2. The van der Waals surface area contributed by atoms with E-state index in [-0.39, 0.29) is 0 Å². The first-order chi connectivity index (χ1) is 14.6. The second-order valence-electron chi connectivity index (χ2n) is 7.60.